The number of fused-ring (bicyclic) bond motifs is 6. The van der Waals surface area contributed by atoms with Crippen molar-refractivity contribution in [1.29, 1.82) is 0 Å². The lowest BCUT2D eigenvalue weighted by atomic mass is 9.79. The van der Waals surface area contributed by atoms with Gasteiger partial charge in [-0.1, -0.05) is 309 Å². The van der Waals surface area contributed by atoms with Crippen LogP contribution in [0.1, 0.15) is 0 Å². The SMILES string of the molecule is Brc1c2ccccc2c(-c2ccccc2)c2ccccc12.OB(O)c1cccc(-c2cc(-c3ccc(-c4ccccn4)cc3)nc(-c3cncc4ccccc34)n2)c1.c1ccc(-c2c3ccccc3c(-c3cccc(-c4cc(-c5ccc(-c6ccccn6)cc5)nc(-c5cncc6ccccc56)n4)c3)c3ccccc23)cc1. The van der Waals surface area contributed by atoms with Gasteiger partial charge in [0.15, 0.2) is 11.6 Å². The van der Waals surface area contributed by atoms with E-state index in [1.54, 1.807) is 30.6 Å². The molecule has 0 amide bonds. The van der Waals surface area contributed by atoms with Gasteiger partial charge in [0, 0.05) is 91.4 Å². The molecule has 12 heteroatoms. The van der Waals surface area contributed by atoms with Crippen LogP contribution in [-0.2, 0) is 0 Å². The first-order valence-electron chi connectivity index (χ1n) is 37.0. The minimum atomic E-state index is -1.57. The van der Waals surface area contributed by atoms with E-state index in [2.05, 4.69) is 260 Å². The van der Waals surface area contributed by atoms with Crippen LogP contribution in [-0.4, -0.2) is 57.0 Å². The first-order chi connectivity index (χ1) is 55.3. The van der Waals surface area contributed by atoms with Crippen molar-refractivity contribution >= 4 is 93.1 Å². The summed E-state index contributed by atoms with van der Waals surface area (Å²) in [6, 6.07) is 121. The van der Waals surface area contributed by atoms with Gasteiger partial charge in [0.2, 0.25) is 0 Å². The number of benzene rings is 14. The second kappa shape index (κ2) is 31.2. The molecule has 6 aromatic heterocycles. The van der Waals surface area contributed by atoms with Crippen molar-refractivity contribution in [2.75, 3.05) is 0 Å². The van der Waals surface area contributed by atoms with Crippen molar-refractivity contribution in [2.45, 2.75) is 0 Å². The third-order valence-corrected chi connectivity index (χ3v) is 21.3. The highest BCUT2D eigenvalue weighted by molar-refractivity contribution is 9.10. The molecule has 0 radical (unpaired) electrons. The summed E-state index contributed by atoms with van der Waals surface area (Å²) in [5.74, 6) is 1.18. The molecule has 6 heterocycles. The van der Waals surface area contributed by atoms with Crippen LogP contribution in [0, 0.1) is 0 Å². The summed E-state index contributed by atoms with van der Waals surface area (Å²) < 4.78 is 1.17. The normalized spacial score (nSPS) is 11.2. The van der Waals surface area contributed by atoms with Crippen molar-refractivity contribution in [3.63, 3.8) is 0 Å². The van der Waals surface area contributed by atoms with Gasteiger partial charge in [-0.25, -0.2) is 19.9 Å². The molecule has 20 aromatic rings. The number of nitrogens with zero attached hydrogens (tertiary/aromatic N) is 8. The van der Waals surface area contributed by atoms with Crippen LogP contribution >= 0.6 is 15.9 Å². The third kappa shape index (κ3) is 14.0. The van der Waals surface area contributed by atoms with Gasteiger partial charge in [0.05, 0.1) is 34.2 Å². The van der Waals surface area contributed by atoms with E-state index in [0.717, 1.165) is 100 Å². The molecule has 0 aliphatic heterocycles. The Morgan fingerprint density at radius 2 is 0.545 bits per heavy atom. The quantitative estimate of drug-likeness (QED) is 0.0896. The molecule has 112 heavy (non-hydrogen) atoms. The monoisotopic (exact) mass is 1500 g/mol. The average molecular weight is 1500 g/mol. The summed E-state index contributed by atoms with van der Waals surface area (Å²) in [6.07, 6.45) is 11.0. The van der Waals surface area contributed by atoms with Crippen LogP contribution in [0.3, 0.4) is 0 Å². The van der Waals surface area contributed by atoms with Crippen LogP contribution in [0.15, 0.2) is 394 Å². The Morgan fingerprint density at radius 1 is 0.232 bits per heavy atom. The fourth-order valence-corrected chi connectivity index (χ4v) is 15.7. The van der Waals surface area contributed by atoms with Gasteiger partial charge in [-0.2, -0.15) is 0 Å². The van der Waals surface area contributed by atoms with Crippen molar-refractivity contribution in [2.24, 2.45) is 0 Å². The molecule has 0 unspecified atom stereocenters. The maximum absolute atomic E-state index is 9.71. The minimum absolute atomic E-state index is 0.394. The molecule has 20 rings (SSSR count). The molecule has 0 saturated carbocycles. The lowest BCUT2D eigenvalue weighted by molar-refractivity contribution is 0.426. The van der Waals surface area contributed by atoms with E-state index in [-0.39, 0.29) is 0 Å². The summed E-state index contributed by atoms with van der Waals surface area (Å²) >= 11 is 3.79. The van der Waals surface area contributed by atoms with Gasteiger partial charge in [0.1, 0.15) is 0 Å². The minimum Gasteiger partial charge on any atom is -0.423 e. The van der Waals surface area contributed by atoms with Crippen molar-refractivity contribution < 1.29 is 10.0 Å². The highest BCUT2D eigenvalue weighted by Gasteiger charge is 2.22. The van der Waals surface area contributed by atoms with Gasteiger partial charge in [0.25, 0.3) is 0 Å². The van der Waals surface area contributed by atoms with E-state index in [9.17, 15) is 10.0 Å². The van der Waals surface area contributed by atoms with Crippen molar-refractivity contribution in [3.05, 3.63) is 394 Å². The molecule has 0 aliphatic carbocycles. The smallest absolute Gasteiger partial charge is 0.423 e. The molecule has 2 N–H and O–H groups in total. The fourth-order valence-electron chi connectivity index (χ4n) is 15.0. The number of halogens is 1. The maximum Gasteiger partial charge on any atom is 0.488 e. The topological polar surface area (TPSA) is 144 Å². The number of rotatable bonds is 12. The first-order valence-corrected chi connectivity index (χ1v) is 37.8. The maximum atomic E-state index is 9.71. The number of hydrogen-bond donors (Lipinski definition) is 2. The molecule has 0 fully saturated rings. The molecule has 0 aliphatic rings. The summed E-state index contributed by atoms with van der Waals surface area (Å²) in [7, 11) is -1.57. The van der Waals surface area contributed by atoms with Crippen molar-refractivity contribution in [1.82, 2.24) is 39.9 Å². The Morgan fingerprint density at radius 3 is 0.946 bits per heavy atom. The fraction of sp³-hybridized carbons (Fsp3) is 0. The predicted octanol–water partition coefficient (Wildman–Crippen LogP) is 23.9. The van der Waals surface area contributed by atoms with Crippen LogP contribution in [0.4, 0.5) is 0 Å². The van der Waals surface area contributed by atoms with Crippen molar-refractivity contribution in [3.8, 4) is 124 Å². The standard InChI is InChI=1S/C50H32N4.C30H21BN4O2.C20H13Br/c1-2-13-35(14-3-1)48-40-19-6-8-21-42(40)49(43-22-9-7-20-41(43)48)37-17-12-16-36(29-37)47-30-46(34-26-24-33(25-27-34)45-23-10-11-28-52-45)53-50(54-47)44-32-51-31-38-15-4-5-18-39(38)44;36-31(37)24-8-5-7-22(16-24)29-17-28(21-13-11-20(12-14-21)27-10-3-4-15-33-27)34-30(35-29)26-19-32-18-23-6-1-2-9-25(23)26;21-20-17-12-6-4-10-15(17)19(14-8-2-1-3-9-14)16-11-5-7-13-18(16)20/h1-32H;1-19,36-37H;1-13H. The summed E-state index contributed by atoms with van der Waals surface area (Å²) in [5, 5.41) is 33.5. The Labute approximate surface area is 655 Å². The molecule has 14 aromatic carbocycles. The van der Waals surface area contributed by atoms with E-state index in [0.29, 0.717) is 22.8 Å². The zero-order valence-corrected chi connectivity index (χ0v) is 62.0. The van der Waals surface area contributed by atoms with Gasteiger partial charge in [-0.05, 0) is 157 Å². The summed E-state index contributed by atoms with van der Waals surface area (Å²) in [5.41, 5.74) is 20.2. The van der Waals surface area contributed by atoms with Crippen LogP contribution in [0.2, 0.25) is 0 Å². The highest BCUT2D eigenvalue weighted by Crippen LogP contribution is 2.46. The second-order valence-electron chi connectivity index (χ2n) is 27.3. The zero-order chi connectivity index (χ0) is 75.3. The summed E-state index contributed by atoms with van der Waals surface area (Å²) in [4.78, 5) is 38.3. The second-order valence-corrected chi connectivity index (χ2v) is 28.1. The van der Waals surface area contributed by atoms with Gasteiger partial charge >= 0.3 is 7.12 Å². The molecule has 528 valence electrons. The Balaban J connectivity index is 0.000000130. The van der Waals surface area contributed by atoms with Gasteiger partial charge in [-0.15, -0.1) is 0 Å². The Kier molecular flexibility index (Phi) is 19.4. The molecule has 0 spiro atoms. The summed E-state index contributed by atoms with van der Waals surface area (Å²) in [6.45, 7) is 0. The van der Waals surface area contributed by atoms with Gasteiger partial charge < -0.3 is 10.0 Å². The lowest BCUT2D eigenvalue weighted by Gasteiger charge is -2.18. The predicted molar refractivity (Wildman–Crippen MR) is 464 cm³/mol. The number of aromatic nitrogens is 8. The van der Waals surface area contributed by atoms with E-state index in [4.69, 9.17) is 19.9 Å². The largest absolute Gasteiger partial charge is 0.488 e. The third-order valence-electron chi connectivity index (χ3n) is 20.4. The molecule has 0 saturated heterocycles. The van der Waals surface area contributed by atoms with Crippen LogP contribution in [0.5, 0.6) is 0 Å². The van der Waals surface area contributed by atoms with Crippen LogP contribution in [0.25, 0.3) is 188 Å². The van der Waals surface area contributed by atoms with Gasteiger partial charge in [-0.3, -0.25) is 19.9 Å². The van der Waals surface area contributed by atoms with E-state index < -0.39 is 7.12 Å². The molecule has 0 bridgehead atoms. The van der Waals surface area contributed by atoms with E-state index in [1.165, 1.54) is 75.4 Å². The molecular formula is C100H66BBrN8O2. The molecule has 0 atom stereocenters. The van der Waals surface area contributed by atoms with Crippen LogP contribution < -0.4 is 5.46 Å². The molecule has 10 nitrogen and oxygen atoms in total. The Hall–Kier alpha value is -14.1. The van der Waals surface area contributed by atoms with E-state index >= 15 is 0 Å². The number of hydrogen-bond acceptors (Lipinski definition) is 10. The highest BCUT2D eigenvalue weighted by atomic mass is 79.9. The average Bonchev–Trinajstić information content (AvgIpc) is 0.739. The Bertz CT molecular complexity index is 6740. The van der Waals surface area contributed by atoms with E-state index in [1.807, 2.05) is 134 Å². The lowest BCUT2D eigenvalue weighted by Crippen LogP contribution is -2.29. The zero-order valence-electron chi connectivity index (χ0n) is 60.4. The first kappa shape index (κ1) is 69.6. The molecular weight excluding hydrogens is 1440 g/mol. The number of pyridine rings is 4.